The third-order valence-electron chi connectivity index (χ3n) is 3.65. The molecular weight excluding hydrogens is 203 g/mol. The molecule has 0 saturated heterocycles. The standard InChI is InChI=1S/C14H17FO/c1-4-11-12(7-13(11)16)10-5-8(2)14(15)9(3)6-10/h5-6,11-12H,4,7H2,1-3H3. The normalized spacial score (nSPS) is 24.4. The summed E-state index contributed by atoms with van der Waals surface area (Å²) < 4.78 is 13.5. The van der Waals surface area contributed by atoms with Crippen molar-refractivity contribution in [2.45, 2.75) is 39.5 Å². The van der Waals surface area contributed by atoms with Gasteiger partial charge in [0.2, 0.25) is 0 Å². The summed E-state index contributed by atoms with van der Waals surface area (Å²) in [5.74, 6) is 0.703. The fourth-order valence-electron chi connectivity index (χ4n) is 2.63. The van der Waals surface area contributed by atoms with Crippen LogP contribution in [0.5, 0.6) is 0 Å². The van der Waals surface area contributed by atoms with Crippen molar-refractivity contribution < 1.29 is 9.18 Å². The number of carbonyl (C=O) groups excluding carboxylic acids is 1. The van der Waals surface area contributed by atoms with Crippen LogP contribution in [0, 0.1) is 25.6 Å². The summed E-state index contributed by atoms with van der Waals surface area (Å²) in [5.41, 5.74) is 2.50. The number of aryl methyl sites for hydroxylation is 2. The van der Waals surface area contributed by atoms with Crippen LogP contribution in [0.15, 0.2) is 12.1 Å². The first-order valence-electron chi connectivity index (χ1n) is 5.84. The number of benzene rings is 1. The molecule has 0 aliphatic heterocycles. The summed E-state index contributed by atoms with van der Waals surface area (Å²) in [4.78, 5) is 11.4. The largest absolute Gasteiger partial charge is 0.299 e. The molecule has 16 heavy (non-hydrogen) atoms. The predicted octanol–water partition coefficient (Wildman–Crippen LogP) is 3.53. The molecule has 1 aromatic rings. The minimum atomic E-state index is -0.123. The number of halogens is 1. The molecule has 0 aromatic heterocycles. The van der Waals surface area contributed by atoms with Crippen molar-refractivity contribution in [2.75, 3.05) is 0 Å². The molecule has 86 valence electrons. The summed E-state index contributed by atoms with van der Waals surface area (Å²) in [6.07, 6.45) is 1.52. The monoisotopic (exact) mass is 220 g/mol. The summed E-state index contributed by atoms with van der Waals surface area (Å²) in [6.45, 7) is 5.61. The maximum atomic E-state index is 13.5. The quantitative estimate of drug-likeness (QED) is 0.745. The number of rotatable bonds is 2. The molecule has 2 unspecified atom stereocenters. The maximum Gasteiger partial charge on any atom is 0.137 e. The van der Waals surface area contributed by atoms with E-state index in [1.54, 1.807) is 13.8 Å². The van der Waals surface area contributed by atoms with E-state index in [1.807, 2.05) is 19.1 Å². The number of Topliss-reactive ketones (excluding diaryl/α,β-unsaturated/α-hetero) is 1. The van der Waals surface area contributed by atoms with Gasteiger partial charge >= 0.3 is 0 Å². The van der Waals surface area contributed by atoms with Gasteiger partial charge in [0.25, 0.3) is 0 Å². The smallest absolute Gasteiger partial charge is 0.137 e. The second-order valence-corrected chi connectivity index (χ2v) is 4.76. The molecule has 1 aliphatic carbocycles. The van der Waals surface area contributed by atoms with Gasteiger partial charge in [-0.25, -0.2) is 4.39 Å². The van der Waals surface area contributed by atoms with E-state index in [-0.39, 0.29) is 11.7 Å². The zero-order valence-electron chi connectivity index (χ0n) is 10.0. The van der Waals surface area contributed by atoms with Crippen molar-refractivity contribution in [1.29, 1.82) is 0 Å². The maximum absolute atomic E-state index is 13.5. The Hall–Kier alpha value is -1.18. The highest BCUT2D eigenvalue weighted by Crippen LogP contribution is 2.42. The lowest BCUT2D eigenvalue weighted by Crippen LogP contribution is -2.34. The molecular formula is C14H17FO. The Morgan fingerprint density at radius 2 is 1.88 bits per heavy atom. The van der Waals surface area contributed by atoms with Gasteiger partial charge in [0, 0.05) is 18.3 Å². The zero-order chi connectivity index (χ0) is 11.9. The zero-order valence-corrected chi connectivity index (χ0v) is 10.0. The highest BCUT2D eigenvalue weighted by Gasteiger charge is 2.39. The van der Waals surface area contributed by atoms with Crippen LogP contribution in [0.4, 0.5) is 4.39 Å². The summed E-state index contributed by atoms with van der Waals surface area (Å²) >= 11 is 0. The molecule has 0 N–H and O–H groups in total. The molecule has 2 heteroatoms. The van der Waals surface area contributed by atoms with Crippen molar-refractivity contribution >= 4 is 5.78 Å². The van der Waals surface area contributed by atoms with Crippen molar-refractivity contribution in [3.63, 3.8) is 0 Å². The molecule has 1 saturated carbocycles. The van der Waals surface area contributed by atoms with E-state index >= 15 is 0 Å². The molecule has 0 spiro atoms. The molecule has 1 fully saturated rings. The van der Waals surface area contributed by atoms with E-state index in [1.165, 1.54) is 0 Å². The molecule has 1 aromatic carbocycles. The van der Waals surface area contributed by atoms with Gasteiger partial charge in [-0.3, -0.25) is 4.79 Å². The number of hydrogen-bond acceptors (Lipinski definition) is 1. The molecule has 2 rings (SSSR count). The highest BCUT2D eigenvalue weighted by molar-refractivity contribution is 5.89. The Morgan fingerprint density at radius 1 is 1.31 bits per heavy atom. The molecule has 1 nitrogen and oxygen atoms in total. The van der Waals surface area contributed by atoms with Crippen LogP contribution < -0.4 is 0 Å². The lowest BCUT2D eigenvalue weighted by atomic mass is 9.67. The van der Waals surface area contributed by atoms with E-state index in [4.69, 9.17) is 0 Å². The Balaban J connectivity index is 2.32. The van der Waals surface area contributed by atoms with E-state index in [0.29, 0.717) is 29.2 Å². The van der Waals surface area contributed by atoms with Crippen LogP contribution >= 0.6 is 0 Å². The summed E-state index contributed by atoms with van der Waals surface area (Å²) in [5, 5.41) is 0. The van der Waals surface area contributed by atoms with Gasteiger partial charge in [-0.2, -0.15) is 0 Å². The third kappa shape index (κ3) is 1.66. The van der Waals surface area contributed by atoms with E-state index < -0.39 is 0 Å². The summed E-state index contributed by atoms with van der Waals surface area (Å²) in [6, 6.07) is 3.78. The Labute approximate surface area is 95.7 Å². The lowest BCUT2D eigenvalue weighted by Gasteiger charge is -2.35. The van der Waals surface area contributed by atoms with Crippen LogP contribution in [0.3, 0.4) is 0 Å². The van der Waals surface area contributed by atoms with Gasteiger partial charge in [0.05, 0.1) is 0 Å². The Morgan fingerprint density at radius 3 is 2.31 bits per heavy atom. The number of ketones is 1. The van der Waals surface area contributed by atoms with E-state index in [2.05, 4.69) is 0 Å². The van der Waals surface area contributed by atoms with Crippen molar-refractivity contribution in [3.05, 3.63) is 34.6 Å². The average Bonchev–Trinajstić information content (AvgIpc) is 2.22. The summed E-state index contributed by atoms with van der Waals surface area (Å²) in [7, 11) is 0. The third-order valence-corrected chi connectivity index (χ3v) is 3.65. The topological polar surface area (TPSA) is 17.1 Å². The molecule has 0 heterocycles. The second-order valence-electron chi connectivity index (χ2n) is 4.76. The average molecular weight is 220 g/mol. The minimum Gasteiger partial charge on any atom is -0.299 e. The van der Waals surface area contributed by atoms with E-state index in [0.717, 1.165) is 12.0 Å². The van der Waals surface area contributed by atoms with Crippen LogP contribution in [0.1, 0.15) is 42.4 Å². The fourth-order valence-corrected chi connectivity index (χ4v) is 2.63. The fraction of sp³-hybridized carbons (Fsp3) is 0.500. The van der Waals surface area contributed by atoms with Crippen LogP contribution in [-0.4, -0.2) is 5.78 Å². The van der Waals surface area contributed by atoms with Gasteiger partial charge in [-0.05, 0) is 37.0 Å². The van der Waals surface area contributed by atoms with Gasteiger partial charge in [0.15, 0.2) is 0 Å². The first-order valence-corrected chi connectivity index (χ1v) is 5.84. The lowest BCUT2D eigenvalue weighted by molar-refractivity contribution is -0.131. The molecule has 2 atom stereocenters. The Kier molecular flexibility index (Phi) is 2.83. The van der Waals surface area contributed by atoms with Gasteiger partial charge in [-0.15, -0.1) is 0 Å². The van der Waals surface area contributed by atoms with Crippen LogP contribution in [0.2, 0.25) is 0 Å². The number of hydrogen-bond donors (Lipinski definition) is 0. The molecule has 0 bridgehead atoms. The number of carbonyl (C=O) groups is 1. The SMILES string of the molecule is CCC1C(=O)CC1c1cc(C)c(F)c(C)c1. The first-order chi connectivity index (χ1) is 7.54. The first kappa shape index (κ1) is 11.3. The Bertz CT molecular complexity index is 413. The van der Waals surface area contributed by atoms with Gasteiger partial charge in [0.1, 0.15) is 11.6 Å². The minimum absolute atomic E-state index is 0.123. The predicted molar refractivity (Wildman–Crippen MR) is 62.0 cm³/mol. The highest BCUT2D eigenvalue weighted by atomic mass is 19.1. The molecule has 1 aliphatic rings. The molecule has 0 amide bonds. The van der Waals surface area contributed by atoms with Crippen molar-refractivity contribution in [1.82, 2.24) is 0 Å². The second kappa shape index (κ2) is 4.00. The van der Waals surface area contributed by atoms with Crippen LogP contribution in [-0.2, 0) is 4.79 Å². The van der Waals surface area contributed by atoms with Crippen molar-refractivity contribution in [3.8, 4) is 0 Å². The van der Waals surface area contributed by atoms with Gasteiger partial charge in [-0.1, -0.05) is 19.1 Å². The van der Waals surface area contributed by atoms with E-state index in [9.17, 15) is 9.18 Å². The van der Waals surface area contributed by atoms with Crippen LogP contribution in [0.25, 0.3) is 0 Å². The van der Waals surface area contributed by atoms with Crippen molar-refractivity contribution in [2.24, 2.45) is 5.92 Å². The molecule has 0 radical (unpaired) electrons. The van der Waals surface area contributed by atoms with Gasteiger partial charge < -0.3 is 0 Å².